The number of hydrogen-bond acceptors (Lipinski definition) is 5. The van der Waals surface area contributed by atoms with Crippen LogP contribution in [0.1, 0.15) is 0 Å². The third-order valence-electron chi connectivity index (χ3n) is 3.24. The van der Waals surface area contributed by atoms with Crippen molar-refractivity contribution in [3.05, 3.63) is 41.9 Å². The van der Waals surface area contributed by atoms with Gasteiger partial charge in [-0.2, -0.15) is 0 Å². The highest BCUT2D eigenvalue weighted by atomic mass is 32.2. The lowest BCUT2D eigenvalue weighted by Gasteiger charge is -2.14. The van der Waals surface area contributed by atoms with E-state index in [0.29, 0.717) is 5.82 Å². The van der Waals surface area contributed by atoms with E-state index in [1.807, 2.05) is 24.3 Å². The van der Waals surface area contributed by atoms with Gasteiger partial charge in [0, 0.05) is 22.4 Å². The fourth-order valence-electron chi connectivity index (χ4n) is 2.31. The average molecular weight is 290 g/mol. The van der Waals surface area contributed by atoms with Gasteiger partial charge < -0.3 is 10.1 Å². The van der Waals surface area contributed by atoms with Gasteiger partial charge in [0.1, 0.15) is 11.6 Å². The monoisotopic (exact) mass is 290 g/mol. The van der Waals surface area contributed by atoms with Gasteiger partial charge in [-0.25, -0.2) is 13.4 Å². The van der Waals surface area contributed by atoms with E-state index in [1.54, 1.807) is 19.4 Å². The molecule has 3 rings (SSSR count). The number of rotatable bonds is 3. The normalized spacial score (nSPS) is 20.1. The number of benzene rings is 1. The molecule has 0 fully saturated rings. The highest BCUT2D eigenvalue weighted by Crippen LogP contribution is 2.29. The van der Waals surface area contributed by atoms with E-state index < -0.39 is 9.84 Å². The van der Waals surface area contributed by atoms with Crippen molar-refractivity contribution in [3.63, 3.8) is 0 Å². The summed E-state index contributed by atoms with van der Waals surface area (Å²) in [6.07, 6.45) is 3.33. The number of nitrogens with zero attached hydrogens (tertiary/aromatic N) is 1. The quantitative estimate of drug-likeness (QED) is 0.936. The summed E-state index contributed by atoms with van der Waals surface area (Å²) in [6, 6.07) is 7.33. The zero-order valence-corrected chi connectivity index (χ0v) is 11.7. The Labute approximate surface area is 117 Å². The fourth-order valence-corrected chi connectivity index (χ4v) is 3.55. The minimum absolute atomic E-state index is 0.0645. The van der Waals surface area contributed by atoms with Gasteiger partial charge in [0.15, 0.2) is 9.84 Å². The molecule has 20 heavy (non-hydrogen) atoms. The van der Waals surface area contributed by atoms with Crippen molar-refractivity contribution in [2.75, 3.05) is 18.2 Å². The van der Waals surface area contributed by atoms with E-state index in [2.05, 4.69) is 10.3 Å². The standard InChI is InChI=1S/C14H14N2O3S/c1-19-13-4-2-3-12-11(13)5-7-15-14(12)16-10-6-8-20(17,18)9-10/h2-8,10H,9H2,1H3,(H,15,16). The van der Waals surface area contributed by atoms with Crippen molar-refractivity contribution in [2.24, 2.45) is 0 Å². The van der Waals surface area contributed by atoms with Gasteiger partial charge in [-0.1, -0.05) is 12.1 Å². The Morgan fingerprint density at radius 1 is 1.30 bits per heavy atom. The Kier molecular flexibility index (Phi) is 3.10. The SMILES string of the molecule is COc1cccc2c(NC3C=CS(=O)(=O)C3)nccc12. The molecule has 104 valence electrons. The topological polar surface area (TPSA) is 68.3 Å². The largest absolute Gasteiger partial charge is 0.496 e. The number of anilines is 1. The summed E-state index contributed by atoms with van der Waals surface area (Å²) in [5.74, 6) is 1.49. The molecule has 0 saturated carbocycles. The van der Waals surface area contributed by atoms with Crippen LogP contribution in [0.2, 0.25) is 0 Å². The maximum atomic E-state index is 11.4. The maximum absolute atomic E-state index is 11.4. The first kappa shape index (κ1) is 12.9. The van der Waals surface area contributed by atoms with Crippen LogP contribution in [0.5, 0.6) is 5.75 Å². The second-order valence-corrected chi connectivity index (χ2v) is 6.56. The van der Waals surface area contributed by atoms with Gasteiger partial charge >= 0.3 is 0 Å². The molecule has 1 aliphatic rings. The van der Waals surface area contributed by atoms with Crippen LogP contribution in [0, 0.1) is 0 Å². The van der Waals surface area contributed by atoms with Crippen molar-refractivity contribution >= 4 is 26.4 Å². The van der Waals surface area contributed by atoms with E-state index in [0.717, 1.165) is 16.5 Å². The fraction of sp³-hybridized carbons (Fsp3) is 0.214. The molecule has 2 aromatic rings. The van der Waals surface area contributed by atoms with Crippen LogP contribution in [0.15, 0.2) is 41.9 Å². The minimum Gasteiger partial charge on any atom is -0.496 e. The van der Waals surface area contributed by atoms with E-state index in [-0.39, 0.29) is 11.8 Å². The van der Waals surface area contributed by atoms with Crippen molar-refractivity contribution in [2.45, 2.75) is 6.04 Å². The third-order valence-corrected chi connectivity index (χ3v) is 4.63. The molecule has 1 unspecified atom stereocenters. The number of pyridine rings is 1. The number of fused-ring (bicyclic) bond motifs is 1. The van der Waals surface area contributed by atoms with Crippen molar-refractivity contribution in [1.29, 1.82) is 0 Å². The van der Waals surface area contributed by atoms with Crippen LogP contribution in [-0.4, -0.2) is 32.3 Å². The van der Waals surface area contributed by atoms with Crippen LogP contribution in [0.4, 0.5) is 5.82 Å². The molecule has 0 saturated heterocycles. The van der Waals surface area contributed by atoms with E-state index in [1.165, 1.54) is 5.41 Å². The molecule has 0 aliphatic carbocycles. The maximum Gasteiger partial charge on any atom is 0.173 e. The number of methoxy groups -OCH3 is 1. The highest BCUT2D eigenvalue weighted by Gasteiger charge is 2.22. The molecule has 1 N–H and O–H groups in total. The number of aromatic nitrogens is 1. The minimum atomic E-state index is -3.08. The molecule has 2 heterocycles. The Balaban J connectivity index is 1.99. The first-order valence-corrected chi connectivity index (χ1v) is 7.90. The van der Waals surface area contributed by atoms with Crippen molar-refractivity contribution < 1.29 is 13.2 Å². The van der Waals surface area contributed by atoms with Crippen LogP contribution >= 0.6 is 0 Å². The Morgan fingerprint density at radius 3 is 2.85 bits per heavy atom. The molecular weight excluding hydrogens is 276 g/mol. The predicted molar refractivity (Wildman–Crippen MR) is 78.6 cm³/mol. The number of hydrogen-bond donors (Lipinski definition) is 1. The number of ether oxygens (including phenoxy) is 1. The van der Waals surface area contributed by atoms with Gasteiger partial charge in [0.2, 0.25) is 0 Å². The van der Waals surface area contributed by atoms with Gasteiger partial charge in [-0.3, -0.25) is 0 Å². The van der Waals surface area contributed by atoms with E-state index in [4.69, 9.17) is 4.74 Å². The molecular formula is C14H14N2O3S. The van der Waals surface area contributed by atoms with Gasteiger partial charge in [0.25, 0.3) is 0 Å². The third kappa shape index (κ3) is 2.34. The molecule has 1 aromatic heterocycles. The molecule has 6 heteroatoms. The average Bonchev–Trinajstić information content (AvgIpc) is 2.78. The summed E-state index contributed by atoms with van der Waals surface area (Å²) >= 11 is 0. The second kappa shape index (κ2) is 4.79. The molecule has 0 bridgehead atoms. The summed E-state index contributed by atoms with van der Waals surface area (Å²) in [5.41, 5.74) is 0. The van der Waals surface area contributed by atoms with Gasteiger partial charge in [-0.05, 0) is 18.2 Å². The Hall–Kier alpha value is -2.08. The lowest BCUT2D eigenvalue weighted by Crippen LogP contribution is -2.21. The van der Waals surface area contributed by atoms with Crippen LogP contribution in [0.25, 0.3) is 10.8 Å². The van der Waals surface area contributed by atoms with Crippen LogP contribution in [0.3, 0.4) is 0 Å². The first-order valence-electron chi connectivity index (χ1n) is 6.18. The summed E-state index contributed by atoms with van der Waals surface area (Å²) < 4.78 is 28.2. The van der Waals surface area contributed by atoms with Crippen molar-refractivity contribution in [1.82, 2.24) is 4.98 Å². The van der Waals surface area contributed by atoms with E-state index in [9.17, 15) is 8.42 Å². The van der Waals surface area contributed by atoms with Crippen LogP contribution in [-0.2, 0) is 9.84 Å². The summed E-state index contributed by atoms with van der Waals surface area (Å²) in [6.45, 7) is 0. The molecule has 0 radical (unpaired) electrons. The lowest BCUT2D eigenvalue weighted by atomic mass is 10.1. The van der Waals surface area contributed by atoms with Gasteiger partial charge in [-0.15, -0.1) is 0 Å². The van der Waals surface area contributed by atoms with Crippen molar-refractivity contribution in [3.8, 4) is 5.75 Å². The zero-order chi connectivity index (χ0) is 14.2. The first-order chi connectivity index (χ1) is 9.59. The highest BCUT2D eigenvalue weighted by molar-refractivity contribution is 7.94. The molecule has 0 amide bonds. The van der Waals surface area contributed by atoms with Gasteiger partial charge in [0.05, 0.1) is 18.9 Å². The molecule has 1 aromatic carbocycles. The predicted octanol–water partition coefficient (Wildman–Crippen LogP) is 1.97. The smallest absolute Gasteiger partial charge is 0.173 e. The summed E-state index contributed by atoms with van der Waals surface area (Å²) in [7, 11) is -1.46. The summed E-state index contributed by atoms with van der Waals surface area (Å²) in [4.78, 5) is 4.30. The zero-order valence-electron chi connectivity index (χ0n) is 10.9. The Bertz CT molecular complexity index is 784. The molecule has 0 spiro atoms. The van der Waals surface area contributed by atoms with E-state index >= 15 is 0 Å². The number of nitrogens with one attached hydrogen (secondary N) is 1. The molecule has 5 nitrogen and oxygen atoms in total. The van der Waals surface area contributed by atoms with Crippen LogP contribution < -0.4 is 10.1 Å². The second-order valence-electron chi connectivity index (χ2n) is 4.62. The molecule has 1 atom stereocenters. The molecule has 1 aliphatic heterocycles. The number of sulfone groups is 1. The Morgan fingerprint density at radius 2 is 2.15 bits per heavy atom. The summed E-state index contributed by atoms with van der Waals surface area (Å²) in [5, 5.41) is 6.25. The lowest BCUT2D eigenvalue weighted by molar-refractivity contribution is 0.420.